The lowest BCUT2D eigenvalue weighted by Gasteiger charge is -2.15. The fourth-order valence-corrected chi connectivity index (χ4v) is 4.26. The molecule has 0 saturated carbocycles. The Kier molecular flexibility index (Phi) is 7.91. The second-order valence-corrected chi connectivity index (χ2v) is 8.14. The van der Waals surface area contributed by atoms with Crippen molar-refractivity contribution >= 4 is 45.1 Å². The molecule has 1 amide bonds. The Labute approximate surface area is 190 Å². The van der Waals surface area contributed by atoms with E-state index in [-0.39, 0.29) is 29.7 Å². The molecule has 0 radical (unpaired) electrons. The van der Waals surface area contributed by atoms with Crippen molar-refractivity contribution in [3.05, 3.63) is 58.6 Å². The average molecular weight is 456 g/mol. The maximum Gasteiger partial charge on any atom is 0.350 e. The first-order valence-corrected chi connectivity index (χ1v) is 10.9. The predicted octanol–water partition coefficient (Wildman–Crippen LogP) is 3.26. The molecule has 3 aromatic rings. The summed E-state index contributed by atoms with van der Waals surface area (Å²) in [6.45, 7) is 2.67. The zero-order valence-corrected chi connectivity index (χ0v) is 19.0. The minimum absolute atomic E-state index is 0.145. The Balaban J connectivity index is 1.83. The summed E-state index contributed by atoms with van der Waals surface area (Å²) in [5.41, 5.74) is 2.00. The molecule has 1 aromatic carbocycles. The Hall–Kier alpha value is -3.30. The molecule has 0 unspecified atom stereocenters. The van der Waals surface area contributed by atoms with E-state index in [9.17, 15) is 14.4 Å². The third-order valence-electron chi connectivity index (χ3n) is 4.59. The van der Waals surface area contributed by atoms with E-state index in [2.05, 4.69) is 10.3 Å². The number of amides is 1. The van der Waals surface area contributed by atoms with E-state index in [0.717, 1.165) is 22.6 Å². The molecule has 9 heteroatoms. The molecule has 0 aliphatic heterocycles. The van der Waals surface area contributed by atoms with E-state index in [0.29, 0.717) is 29.1 Å². The van der Waals surface area contributed by atoms with Gasteiger partial charge in [0.15, 0.2) is 0 Å². The number of thiophene rings is 1. The lowest BCUT2D eigenvalue weighted by Crippen LogP contribution is -2.27. The van der Waals surface area contributed by atoms with Crippen LogP contribution in [-0.4, -0.2) is 55.0 Å². The average Bonchev–Trinajstić information content (AvgIpc) is 3.11. The normalized spacial score (nSPS) is 10.9. The monoisotopic (exact) mass is 455 g/mol. The number of ether oxygens (including phenoxy) is 2. The van der Waals surface area contributed by atoms with Gasteiger partial charge in [-0.25, -0.2) is 9.78 Å². The topological polar surface area (TPSA) is 97.8 Å². The Morgan fingerprint density at radius 3 is 2.56 bits per heavy atom. The number of carbonyl (C=O) groups is 3. The van der Waals surface area contributed by atoms with Crippen molar-refractivity contribution in [2.75, 3.05) is 32.6 Å². The van der Waals surface area contributed by atoms with Crippen LogP contribution in [0.2, 0.25) is 0 Å². The van der Waals surface area contributed by atoms with E-state index in [1.165, 1.54) is 7.11 Å². The van der Waals surface area contributed by atoms with Crippen LogP contribution in [0.15, 0.2) is 42.5 Å². The molecule has 0 atom stereocenters. The van der Waals surface area contributed by atoms with E-state index < -0.39 is 5.97 Å². The van der Waals surface area contributed by atoms with Crippen LogP contribution < -0.4 is 5.32 Å². The summed E-state index contributed by atoms with van der Waals surface area (Å²) in [4.78, 5) is 43.9. The molecule has 0 spiro atoms. The van der Waals surface area contributed by atoms with Gasteiger partial charge in [0, 0.05) is 11.9 Å². The van der Waals surface area contributed by atoms with Crippen molar-refractivity contribution in [2.24, 2.45) is 0 Å². The molecule has 32 heavy (non-hydrogen) atoms. The fourth-order valence-electron chi connectivity index (χ4n) is 3.19. The van der Waals surface area contributed by atoms with Crippen molar-refractivity contribution in [1.29, 1.82) is 0 Å². The smallest absolute Gasteiger partial charge is 0.350 e. The van der Waals surface area contributed by atoms with Gasteiger partial charge in [-0.15, -0.1) is 11.3 Å². The summed E-state index contributed by atoms with van der Waals surface area (Å²) >= 11 is 1.16. The number of anilines is 1. The Morgan fingerprint density at radius 2 is 1.88 bits per heavy atom. The molecule has 1 N–H and O–H groups in total. The zero-order chi connectivity index (χ0) is 23.1. The number of hydrogen-bond donors (Lipinski definition) is 1. The number of carbonyl (C=O) groups excluding carboxylic acids is 3. The number of esters is 2. The van der Waals surface area contributed by atoms with Gasteiger partial charge in [0.25, 0.3) is 0 Å². The number of hydrogen-bond acceptors (Lipinski definition) is 8. The SMILES string of the molecule is CCOC(=O)CN(C)Cc1ccc2c(NC(=O)Cc3ccccc3)c(C(=O)OC)sc2n1. The van der Waals surface area contributed by atoms with Gasteiger partial charge in [0.1, 0.15) is 9.71 Å². The van der Waals surface area contributed by atoms with Crippen molar-refractivity contribution < 1.29 is 23.9 Å². The van der Waals surface area contributed by atoms with Crippen LogP contribution in [0.5, 0.6) is 0 Å². The van der Waals surface area contributed by atoms with E-state index in [1.54, 1.807) is 18.9 Å². The zero-order valence-electron chi connectivity index (χ0n) is 18.2. The molecule has 0 bridgehead atoms. The highest BCUT2D eigenvalue weighted by Crippen LogP contribution is 2.35. The first kappa shape index (κ1) is 23.4. The van der Waals surface area contributed by atoms with Gasteiger partial charge in [-0.05, 0) is 31.7 Å². The van der Waals surface area contributed by atoms with Gasteiger partial charge in [-0.2, -0.15) is 0 Å². The highest BCUT2D eigenvalue weighted by atomic mass is 32.1. The lowest BCUT2D eigenvalue weighted by molar-refractivity contribution is -0.144. The van der Waals surface area contributed by atoms with Gasteiger partial charge in [0.2, 0.25) is 5.91 Å². The number of nitrogens with zero attached hydrogens (tertiary/aromatic N) is 2. The second kappa shape index (κ2) is 10.8. The largest absolute Gasteiger partial charge is 0.465 e. The van der Waals surface area contributed by atoms with Crippen LogP contribution in [-0.2, 0) is 32.0 Å². The molecular formula is C23H25N3O5S. The van der Waals surface area contributed by atoms with Gasteiger partial charge < -0.3 is 14.8 Å². The van der Waals surface area contributed by atoms with E-state index in [1.807, 2.05) is 42.5 Å². The lowest BCUT2D eigenvalue weighted by atomic mass is 10.1. The number of pyridine rings is 1. The number of likely N-dealkylation sites (N-methyl/N-ethyl adjacent to an activating group) is 1. The summed E-state index contributed by atoms with van der Waals surface area (Å²) in [5.74, 6) is -1.08. The molecule has 0 aliphatic carbocycles. The summed E-state index contributed by atoms with van der Waals surface area (Å²) in [6.07, 6.45) is 0.183. The first-order valence-electron chi connectivity index (χ1n) is 10.1. The quantitative estimate of drug-likeness (QED) is 0.495. The summed E-state index contributed by atoms with van der Waals surface area (Å²) in [6, 6.07) is 13.0. The standard InChI is InChI=1S/C23H25N3O5S/c1-4-31-19(28)14-26(2)13-16-10-11-17-20(21(23(29)30-3)32-22(17)24-16)25-18(27)12-15-8-6-5-7-9-15/h5-11H,4,12-14H2,1-3H3,(H,25,27). The second-order valence-electron chi connectivity index (χ2n) is 7.14. The molecule has 0 aliphatic rings. The van der Waals surface area contributed by atoms with Gasteiger partial charge in [-0.1, -0.05) is 30.3 Å². The minimum Gasteiger partial charge on any atom is -0.465 e. The molecule has 0 fully saturated rings. The molecule has 0 saturated heterocycles. The molecule has 168 valence electrons. The van der Waals surface area contributed by atoms with Crippen molar-refractivity contribution in [1.82, 2.24) is 9.88 Å². The molecule has 2 heterocycles. The number of benzene rings is 1. The van der Waals surface area contributed by atoms with Crippen molar-refractivity contribution in [3.8, 4) is 0 Å². The van der Waals surface area contributed by atoms with Crippen LogP contribution in [0.3, 0.4) is 0 Å². The highest BCUT2D eigenvalue weighted by Gasteiger charge is 2.22. The van der Waals surface area contributed by atoms with E-state index >= 15 is 0 Å². The van der Waals surface area contributed by atoms with Crippen LogP contribution >= 0.6 is 11.3 Å². The molecule has 3 rings (SSSR count). The van der Waals surface area contributed by atoms with Crippen LogP contribution in [0.1, 0.15) is 27.9 Å². The Morgan fingerprint density at radius 1 is 1.12 bits per heavy atom. The maximum absolute atomic E-state index is 12.6. The molecule has 2 aromatic heterocycles. The fraction of sp³-hybridized carbons (Fsp3) is 0.304. The maximum atomic E-state index is 12.6. The number of rotatable bonds is 9. The molecule has 8 nitrogen and oxygen atoms in total. The van der Waals surface area contributed by atoms with Crippen molar-refractivity contribution in [3.63, 3.8) is 0 Å². The van der Waals surface area contributed by atoms with Gasteiger partial charge in [0.05, 0.1) is 38.1 Å². The van der Waals surface area contributed by atoms with Crippen LogP contribution in [0.25, 0.3) is 10.2 Å². The third-order valence-corrected chi connectivity index (χ3v) is 5.67. The Bertz CT molecular complexity index is 1110. The van der Waals surface area contributed by atoms with Gasteiger partial charge >= 0.3 is 11.9 Å². The van der Waals surface area contributed by atoms with Gasteiger partial charge in [-0.3, -0.25) is 14.5 Å². The first-order chi connectivity index (χ1) is 15.4. The predicted molar refractivity (Wildman–Crippen MR) is 123 cm³/mol. The number of fused-ring (bicyclic) bond motifs is 1. The summed E-state index contributed by atoms with van der Waals surface area (Å²) < 4.78 is 9.87. The number of methoxy groups -OCH3 is 1. The minimum atomic E-state index is -0.538. The number of aromatic nitrogens is 1. The molecular weight excluding hydrogens is 430 g/mol. The van der Waals surface area contributed by atoms with Crippen LogP contribution in [0.4, 0.5) is 5.69 Å². The van der Waals surface area contributed by atoms with Crippen LogP contribution in [0, 0.1) is 0 Å². The third kappa shape index (κ3) is 5.89. The van der Waals surface area contributed by atoms with Crippen molar-refractivity contribution in [2.45, 2.75) is 19.9 Å². The van der Waals surface area contributed by atoms with E-state index in [4.69, 9.17) is 9.47 Å². The highest BCUT2D eigenvalue weighted by molar-refractivity contribution is 7.21. The number of nitrogens with one attached hydrogen (secondary N) is 1. The summed E-state index contributed by atoms with van der Waals surface area (Å²) in [5, 5.41) is 3.52. The summed E-state index contributed by atoms with van der Waals surface area (Å²) in [7, 11) is 3.10.